The van der Waals surface area contributed by atoms with Gasteiger partial charge in [-0.15, -0.1) is 11.3 Å². The second kappa shape index (κ2) is 10.1. The molecule has 0 saturated carbocycles. The number of hydrogen-bond donors (Lipinski definition) is 0. The van der Waals surface area contributed by atoms with Crippen molar-refractivity contribution in [2.45, 2.75) is 13.0 Å². The van der Waals surface area contributed by atoms with Crippen molar-refractivity contribution < 1.29 is 4.79 Å². The largest absolute Gasteiger partial charge is 0.335 e. The van der Waals surface area contributed by atoms with E-state index in [-0.39, 0.29) is 11.9 Å². The predicted molar refractivity (Wildman–Crippen MR) is 151 cm³/mol. The fourth-order valence-corrected chi connectivity index (χ4v) is 6.41. The molecule has 1 amide bonds. The topological polar surface area (TPSA) is 41.4 Å². The maximum Gasteiger partial charge on any atom is 0.264 e. The molecule has 37 heavy (non-hydrogen) atoms. The van der Waals surface area contributed by atoms with Crippen LogP contribution in [-0.2, 0) is 0 Å². The van der Waals surface area contributed by atoms with Crippen molar-refractivity contribution in [1.29, 1.82) is 0 Å². The number of nitrogens with zero attached hydrogens (tertiary/aromatic N) is 4. The van der Waals surface area contributed by atoms with E-state index in [2.05, 4.69) is 41.3 Å². The van der Waals surface area contributed by atoms with Gasteiger partial charge in [-0.1, -0.05) is 72.3 Å². The highest BCUT2D eigenvalue weighted by Gasteiger charge is 2.29. The molecule has 0 bridgehead atoms. The SMILES string of the molecule is Cc1nn(-c2ccccc2)c2sc(C(=O)N3CCN([C@@H](c4ccccc4)c4ccc(Cl)cc4)CC3)cc12. The van der Waals surface area contributed by atoms with Crippen LogP contribution in [0.3, 0.4) is 0 Å². The first-order valence-corrected chi connectivity index (χ1v) is 13.7. The summed E-state index contributed by atoms with van der Waals surface area (Å²) in [5.41, 5.74) is 4.40. The number of amides is 1. The molecule has 7 heteroatoms. The van der Waals surface area contributed by atoms with Crippen LogP contribution < -0.4 is 0 Å². The molecule has 0 spiro atoms. The fraction of sp³-hybridized carbons (Fsp3) is 0.200. The lowest BCUT2D eigenvalue weighted by Gasteiger charge is -2.39. The number of thiophene rings is 1. The van der Waals surface area contributed by atoms with E-state index in [1.165, 1.54) is 22.5 Å². The number of hydrogen-bond acceptors (Lipinski definition) is 4. The summed E-state index contributed by atoms with van der Waals surface area (Å²) in [4.78, 5) is 19.8. The zero-order chi connectivity index (χ0) is 25.4. The number of aromatic nitrogens is 2. The molecule has 5 nitrogen and oxygen atoms in total. The molecule has 6 rings (SSSR count). The van der Waals surface area contributed by atoms with Crippen LogP contribution in [0.5, 0.6) is 0 Å². The lowest BCUT2D eigenvalue weighted by molar-refractivity contribution is 0.0602. The summed E-state index contributed by atoms with van der Waals surface area (Å²) in [7, 11) is 0. The van der Waals surface area contributed by atoms with Crippen molar-refractivity contribution in [3.8, 4) is 5.69 Å². The molecule has 1 saturated heterocycles. The van der Waals surface area contributed by atoms with Gasteiger partial charge in [-0.2, -0.15) is 5.10 Å². The molecule has 0 unspecified atom stereocenters. The number of para-hydroxylation sites is 1. The van der Waals surface area contributed by atoms with Crippen molar-refractivity contribution in [2.75, 3.05) is 26.2 Å². The smallest absolute Gasteiger partial charge is 0.264 e. The first-order valence-electron chi connectivity index (χ1n) is 12.5. The Morgan fingerprint density at radius 3 is 2.16 bits per heavy atom. The molecule has 1 aliphatic rings. The monoisotopic (exact) mass is 526 g/mol. The summed E-state index contributed by atoms with van der Waals surface area (Å²) in [6, 6.07) is 30.9. The van der Waals surface area contributed by atoms with E-state index in [1.54, 1.807) is 0 Å². The molecule has 1 aliphatic heterocycles. The highest BCUT2D eigenvalue weighted by molar-refractivity contribution is 7.20. The average molecular weight is 527 g/mol. The third-order valence-electron chi connectivity index (χ3n) is 7.02. The van der Waals surface area contributed by atoms with Crippen molar-refractivity contribution >= 4 is 39.1 Å². The molecule has 5 aromatic rings. The minimum Gasteiger partial charge on any atom is -0.335 e. The van der Waals surface area contributed by atoms with E-state index in [0.29, 0.717) is 13.1 Å². The Morgan fingerprint density at radius 2 is 1.49 bits per heavy atom. The standard InChI is InChI=1S/C30H27ClN4OS/c1-21-26-20-27(37-30(26)35(32-21)25-10-6-3-7-11-25)29(36)34-18-16-33(17-19-34)28(22-8-4-2-5-9-22)23-12-14-24(31)15-13-23/h2-15,20,28H,16-19H2,1H3/t28-/m0/s1. The lowest BCUT2D eigenvalue weighted by Crippen LogP contribution is -2.49. The Labute approximate surface area is 225 Å². The molecular formula is C30H27ClN4OS. The molecule has 0 N–H and O–H groups in total. The van der Waals surface area contributed by atoms with Crippen LogP contribution in [-0.4, -0.2) is 51.7 Å². The first-order chi connectivity index (χ1) is 18.1. The number of piperazine rings is 1. The van der Waals surface area contributed by atoms with Gasteiger partial charge in [0.1, 0.15) is 4.83 Å². The van der Waals surface area contributed by atoms with Gasteiger partial charge in [-0.25, -0.2) is 4.68 Å². The highest BCUT2D eigenvalue weighted by Crippen LogP contribution is 2.33. The molecule has 0 radical (unpaired) electrons. The Balaban J connectivity index is 1.22. The van der Waals surface area contributed by atoms with Crippen LogP contribution in [0.4, 0.5) is 0 Å². The van der Waals surface area contributed by atoms with Gasteiger partial charge < -0.3 is 4.90 Å². The van der Waals surface area contributed by atoms with Crippen LogP contribution in [0.2, 0.25) is 5.02 Å². The van der Waals surface area contributed by atoms with Gasteiger partial charge in [0.25, 0.3) is 5.91 Å². The van der Waals surface area contributed by atoms with Crippen LogP contribution in [0.1, 0.15) is 32.5 Å². The van der Waals surface area contributed by atoms with Crippen molar-refractivity contribution in [3.05, 3.63) is 118 Å². The highest BCUT2D eigenvalue weighted by atomic mass is 35.5. The molecule has 1 fully saturated rings. The van der Waals surface area contributed by atoms with E-state index in [0.717, 1.165) is 44.6 Å². The Hall–Kier alpha value is -3.45. The van der Waals surface area contributed by atoms with Gasteiger partial charge >= 0.3 is 0 Å². The molecule has 3 aromatic carbocycles. The zero-order valence-corrected chi connectivity index (χ0v) is 22.1. The van der Waals surface area contributed by atoms with Crippen LogP contribution in [0, 0.1) is 6.92 Å². The van der Waals surface area contributed by atoms with Crippen LogP contribution >= 0.6 is 22.9 Å². The minimum absolute atomic E-state index is 0.0996. The molecule has 1 atom stereocenters. The number of benzene rings is 3. The second-order valence-electron chi connectivity index (χ2n) is 9.36. The summed E-state index contributed by atoms with van der Waals surface area (Å²) in [5.74, 6) is 0.0996. The van der Waals surface area contributed by atoms with E-state index < -0.39 is 0 Å². The molecule has 2 aromatic heterocycles. The fourth-order valence-electron chi connectivity index (χ4n) is 5.13. The van der Waals surface area contributed by atoms with E-state index in [4.69, 9.17) is 16.7 Å². The summed E-state index contributed by atoms with van der Waals surface area (Å²) in [5, 5.41) is 6.49. The van der Waals surface area contributed by atoms with Gasteiger partial charge in [0.15, 0.2) is 0 Å². The third-order valence-corrected chi connectivity index (χ3v) is 8.37. The number of carbonyl (C=O) groups is 1. The van der Waals surface area contributed by atoms with Gasteiger partial charge in [0, 0.05) is 36.6 Å². The summed E-state index contributed by atoms with van der Waals surface area (Å²) < 4.78 is 1.95. The average Bonchev–Trinajstić information content (AvgIpc) is 3.51. The van der Waals surface area contributed by atoms with E-state index in [1.807, 2.05) is 71.1 Å². The molecule has 3 heterocycles. The number of aryl methyl sites for hydroxylation is 1. The van der Waals surface area contributed by atoms with E-state index >= 15 is 0 Å². The van der Waals surface area contributed by atoms with Gasteiger partial charge in [-0.05, 0) is 48.4 Å². The van der Waals surface area contributed by atoms with Gasteiger partial charge in [-0.3, -0.25) is 9.69 Å². The first kappa shape index (κ1) is 23.9. The molecule has 0 aliphatic carbocycles. The predicted octanol–water partition coefficient (Wildman–Crippen LogP) is 6.60. The van der Waals surface area contributed by atoms with Crippen molar-refractivity contribution in [1.82, 2.24) is 19.6 Å². The normalized spacial score (nSPS) is 15.2. The Morgan fingerprint density at radius 1 is 0.865 bits per heavy atom. The summed E-state index contributed by atoms with van der Waals surface area (Å²) in [6.45, 7) is 4.98. The minimum atomic E-state index is 0.0996. The van der Waals surface area contributed by atoms with E-state index in [9.17, 15) is 4.79 Å². The number of carbonyl (C=O) groups excluding carboxylic acids is 1. The maximum absolute atomic E-state index is 13.6. The molecule has 186 valence electrons. The lowest BCUT2D eigenvalue weighted by atomic mass is 9.96. The molecular weight excluding hydrogens is 500 g/mol. The van der Waals surface area contributed by atoms with Crippen molar-refractivity contribution in [2.24, 2.45) is 0 Å². The number of rotatable bonds is 5. The quantitative estimate of drug-likeness (QED) is 0.259. The Kier molecular flexibility index (Phi) is 6.55. The second-order valence-corrected chi connectivity index (χ2v) is 10.8. The van der Waals surface area contributed by atoms with Crippen LogP contribution in [0.15, 0.2) is 91.0 Å². The Bertz CT molecular complexity index is 1520. The number of halogens is 1. The summed E-state index contributed by atoms with van der Waals surface area (Å²) in [6.07, 6.45) is 0. The maximum atomic E-state index is 13.6. The van der Waals surface area contributed by atoms with Gasteiger partial charge in [0.05, 0.1) is 22.3 Å². The van der Waals surface area contributed by atoms with Gasteiger partial charge in [0.2, 0.25) is 0 Å². The van der Waals surface area contributed by atoms with Crippen molar-refractivity contribution in [3.63, 3.8) is 0 Å². The third kappa shape index (κ3) is 4.68. The number of fused-ring (bicyclic) bond motifs is 1. The van der Waals surface area contributed by atoms with Crippen LogP contribution in [0.25, 0.3) is 15.9 Å². The summed E-state index contributed by atoms with van der Waals surface area (Å²) >= 11 is 7.70. The zero-order valence-electron chi connectivity index (χ0n) is 20.5.